The average molecular weight is 348 g/mol. The van der Waals surface area contributed by atoms with Crippen molar-refractivity contribution in [2.24, 2.45) is 0 Å². The van der Waals surface area contributed by atoms with Crippen LogP contribution in [0.15, 0.2) is 48.5 Å². The van der Waals surface area contributed by atoms with Crippen LogP contribution in [0.4, 0.5) is 5.82 Å². The second-order valence-corrected chi connectivity index (χ2v) is 6.00. The smallest absolute Gasteiger partial charge is 0.337 e. The Morgan fingerprint density at radius 2 is 1.81 bits per heavy atom. The quantitative estimate of drug-likeness (QED) is 0.657. The highest BCUT2D eigenvalue weighted by molar-refractivity contribution is 5.96. The first kappa shape index (κ1) is 17.9. The third-order valence-corrected chi connectivity index (χ3v) is 4.45. The number of aromatic nitrogens is 1. The molecular weight excluding hydrogens is 324 g/mol. The van der Waals surface area contributed by atoms with Crippen LogP contribution in [-0.4, -0.2) is 24.6 Å². The van der Waals surface area contributed by atoms with Gasteiger partial charge in [-0.25, -0.2) is 9.78 Å². The molecule has 0 radical (unpaired) electrons. The highest BCUT2D eigenvalue weighted by Crippen LogP contribution is 2.28. The van der Waals surface area contributed by atoms with Crippen molar-refractivity contribution < 1.29 is 9.53 Å². The number of ether oxygens (including phenoxy) is 1. The minimum Gasteiger partial charge on any atom is -0.465 e. The zero-order valence-electron chi connectivity index (χ0n) is 15.5. The summed E-state index contributed by atoms with van der Waals surface area (Å²) in [5, 5.41) is 5.46. The molecule has 2 aromatic carbocycles. The molecule has 0 saturated heterocycles. The van der Waals surface area contributed by atoms with E-state index in [1.807, 2.05) is 38.1 Å². The number of hydrogen-bond acceptors (Lipinski definition) is 4. The molecule has 0 unspecified atom stereocenters. The van der Waals surface area contributed by atoms with E-state index in [-0.39, 0.29) is 5.97 Å². The maximum absolute atomic E-state index is 11.6. The zero-order chi connectivity index (χ0) is 18.5. The molecule has 1 aromatic heterocycles. The van der Waals surface area contributed by atoms with Gasteiger partial charge in [-0.1, -0.05) is 38.1 Å². The number of fused-ring (bicyclic) bond motifs is 2. The van der Waals surface area contributed by atoms with E-state index >= 15 is 0 Å². The Balaban J connectivity index is 0.000000948. The first-order chi connectivity index (χ1) is 12.7. The van der Waals surface area contributed by atoms with E-state index in [0.717, 1.165) is 47.2 Å². The van der Waals surface area contributed by atoms with Gasteiger partial charge in [0.25, 0.3) is 0 Å². The van der Waals surface area contributed by atoms with E-state index in [1.54, 1.807) is 6.07 Å². The Kier molecular flexibility index (Phi) is 5.52. The standard InChI is InChI=1S/C20H18N2O2.C2H6/c1-24-20(23)17-7-5-14-11-16(6-4-15(14)12-17)18-9-8-13-3-2-10-21-19(13)22-18;1-2/h4-9,11-12H,2-3,10H2,1H3,(H,21,22);1-2H3. The molecule has 0 spiro atoms. The number of rotatable bonds is 2. The lowest BCUT2D eigenvalue weighted by Crippen LogP contribution is -2.13. The summed E-state index contributed by atoms with van der Waals surface area (Å²) in [5.74, 6) is 0.684. The molecule has 0 aliphatic carbocycles. The van der Waals surface area contributed by atoms with Crippen LogP contribution in [0.3, 0.4) is 0 Å². The SMILES string of the molecule is CC.COC(=O)c1ccc2cc(-c3ccc4c(n3)NCCC4)ccc2c1. The summed E-state index contributed by atoms with van der Waals surface area (Å²) < 4.78 is 4.78. The lowest BCUT2D eigenvalue weighted by atomic mass is 10.0. The van der Waals surface area contributed by atoms with E-state index in [4.69, 9.17) is 9.72 Å². The molecule has 0 amide bonds. The van der Waals surface area contributed by atoms with Gasteiger partial charge in [0, 0.05) is 12.1 Å². The highest BCUT2D eigenvalue weighted by Gasteiger charge is 2.12. The fraction of sp³-hybridized carbons (Fsp3) is 0.273. The molecule has 1 N–H and O–H groups in total. The number of aryl methyl sites for hydroxylation is 1. The number of hydrogen-bond donors (Lipinski definition) is 1. The molecule has 4 rings (SSSR count). The van der Waals surface area contributed by atoms with Crippen LogP contribution < -0.4 is 5.32 Å². The van der Waals surface area contributed by atoms with E-state index in [1.165, 1.54) is 12.7 Å². The molecule has 4 nitrogen and oxygen atoms in total. The summed E-state index contributed by atoms with van der Waals surface area (Å²) in [7, 11) is 1.39. The Hall–Kier alpha value is -2.88. The third-order valence-electron chi connectivity index (χ3n) is 4.45. The van der Waals surface area contributed by atoms with Gasteiger partial charge in [-0.15, -0.1) is 0 Å². The lowest BCUT2D eigenvalue weighted by Gasteiger charge is -2.17. The van der Waals surface area contributed by atoms with Crippen molar-refractivity contribution >= 4 is 22.6 Å². The van der Waals surface area contributed by atoms with Crippen molar-refractivity contribution in [1.82, 2.24) is 4.98 Å². The van der Waals surface area contributed by atoms with Crippen LogP contribution in [0, 0.1) is 0 Å². The van der Waals surface area contributed by atoms with Crippen molar-refractivity contribution in [3.63, 3.8) is 0 Å². The Labute approximate surface area is 154 Å². The summed E-state index contributed by atoms with van der Waals surface area (Å²) in [6, 6.07) is 16.0. The molecule has 0 saturated carbocycles. The van der Waals surface area contributed by atoms with Crippen LogP contribution >= 0.6 is 0 Å². The second kappa shape index (κ2) is 8.00. The van der Waals surface area contributed by atoms with E-state index in [2.05, 4.69) is 23.5 Å². The predicted molar refractivity (Wildman–Crippen MR) is 107 cm³/mol. The average Bonchev–Trinajstić information content (AvgIpc) is 2.73. The molecular formula is C22H24N2O2. The van der Waals surface area contributed by atoms with Crippen molar-refractivity contribution in [1.29, 1.82) is 0 Å². The van der Waals surface area contributed by atoms with Crippen LogP contribution in [0.2, 0.25) is 0 Å². The number of methoxy groups -OCH3 is 1. The van der Waals surface area contributed by atoms with Crippen LogP contribution in [0.1, 0.15) is 36.2 Å². The third kappa shape index (κ3) is 3.54. The van der Waals surface area contributed by atoms with Gasteiger partial charge in [-0.05, 0) is 53.4 Å². The number of anilines is 1. The fourth-order valence-electron chi connectivity index (χ4n) is 3.14. The summed E-state index contributed by atoms with van der Waals surface area (Å²) in [5.41, 5.74) is 3.88. The monoisotopic (exact) mass is 348 g/mol. The topological polar surface area (TPSA) is 51.2 Å². The van der Waals surface area contributed by atoms with E-state index in [9.17, 15) is 4.79 Å². The number of nitrogens with one attached hydrogen (secondary N) is 1. The molecule has 0 bridgehead atoms. The molecule has 1 aliphatic rings. The van der Waals surface area contributed by atoms with E-state index in [0.29, 0.717) is 5.56 Å². The zero-order valence-corrected chi connectivity index (χ0v) is 15.5. The molecule has 1 aliphatic heterocycles. The molecule has 26 heavy (non-hydrogen) atoms. The second-order valence-electron chi connectivity index (χ2n) is 6.00. The van der Waals surface area contributed by atoms with Crippen LogP contribution in [0.25, 0.3) is 22.0 Å². The normalized spacial score (nSPS) is 12.4. The molecule has 0 fully saturated rings. The van der Waals surface area contributed by atoms with Crippen LogP contribution in [0.5, 0.6) is 0 Å². The van der Waals surface area contributed by atoms with Gasteiger partial charge < -0.3 is 10.1 Å². The van der Waals surface area contributed by atoms with Gasteiger partial charge in [-0.3, -0.25) is 0 Å². The molecule has 0 atom stereocenters. The van der Waals surface area contributed by atoms with Gasteiger partial charge >= 0.3 is 5.97 Å². The lowest BCUT2D eigenvalue weighted by molar-refractivity contribution is 0.0601. The Bertz CT molecular complexity index is 935. The maximum atomic E-state index is 11.6. The van der Waals surface area contributed by atoms with Crippen molar-refractivity contribution in [3.05, 3.63) is 59.7 Å². The largest absolute Gasteiger partial charge is 0.465 e. The number of nitrogens with zero attached hydrogens (tertiary/aromatic N) is 1. The first-order valence-electron chi connectivity index (χ1n) is 9.11. The summed E-state index contributed by atoms with van der Waals surface area (Å²) >= 11 is 0. The van der Waals surface area contributed by atoms with Crippen molar-refractivity contribution in [3.8, 4) is 11.3 Å². The predicted octanol–water partition coefficient (Wildman–Crippen LogP) is 5.07. The first-order valence-corrected chi connectivity index (χ1v) is 9.11. The van der Waals surface area contributed by atoms with E-state index < -0.39 is 0 Å². The molecule has 4 heteroatoms. The summed E-state index contributed by atoms with van der Waals surface area (Å²) in [4.78, 5) is 16.4. The molecule has 3 aromatic rings. The van der Waals surface area contributed by atoms with Gasteiger partial charge in [0.05, 0.1) is 18.4 Å². The van der Waals surface area contributed by atoms with Crippen molar-refractivity contribution in [2.45, 2.75) is 26.7 Å². The van der Waals surface area contributed by atoms with Crippen molar-refractivity contribution in [2.75, 3.05) is 19.0 Å². The number of esters is 1. The number of benzene rings is 2. The van der Waals surface area contributed by atoms with Crippen LogP contribution in [-0.2, 0) is 11.2 Å². The minimum absolute atomic E-state index is 0.316. The number of carbonyl (C=O) groups excluding carboxylic acids is 1. The number of pyridine rings is 1. The Morgan fingerprint density at radius 3 is 2.62 bits per heavy atom. The van der Waals surface area contributed by atoms with Gasteiger partial charge in [0.2, 0.25) is 0 Å². The molecule has 134 valence electrons. The summed E-state index contributed by atoms with van der Waals surface area (Å²) in [6.07, 6.45) is 2.25. The minimum atomic E-state index is -0.316. The fourth-order valence-corrected chi connectivity index (χ4v) is 3.14. The Morgan fingerprint density at radius 1 is 1.04 bits per heavy atom. The molecule has 2 heterocycles. The summed E-state index contributed by atoms with van der Waals surface area (Å²) in [6.45, 7) is 4.98. The van der Waals surface area contributed by atoms with Gasteiger partial charge in [0.1, 0.15) is 5.82 Å². The van der Waals surface area contributed by atoms with Gasteiger partial charge in [0.15, 0.2) is 0 Å². The number of carbonyl (C=O) groups is 1. The maximum Gasteiger partial charge on any atom is 0.337 e. The van der Waals surface area contributed by atoms with Gasteiger partial charge in [-0.2, -0.15) is 0 Å². The highest BCUT2D eigenvalue weighted by atomic mass is 16.5.